The lowest BCUT2D eigenvalue weighted by atomic mass is 10.3. The molecule has 15 heavy (non-hydrogen) atoms. The highest BCUT2D eigenvalue weighted by Gasteiger charge is 2.21. The molecule has 0 saturated heterocycles. The Bertz CT molecular complexity index is 376. The average Bonchev–Trinajstić information content (AvgIpc) is 2.77. The molecule has 1 aromatic rings. The molecule has 5 nitrogen and oxygen atoms in total. The van der Waals surface area contributed by atoms with Crippen LogP contribution in [-0.4, -0.2) is 26.0 Å². The highest BCUT2D eigenvalue weighted by atomic mass is 79.9. The fourth-order valence-corrected chi connectivity index (χ4v) is 2.00. The molecule has 0 spiro atoms. The minimum absolute atomic E-state index is 0.0298. The number of nitrogens with one attached hydrogen (secondary N) is 1. The normalized spacial score (nSPS) is 16.1. The van der Waals surface area contributed by atoms with Gasteiger partial charge in [0.25, 0.3) is 0 Å². The third kappa shape index (κ3) is 2.04. The van der Waals surface area contributed by atoms with Crippen LogP contribution in [0, 0.1) is 0 Å². The zero-order valence-corrected chi connectivity index (χ0v) is 10.1. The Kier molecular flexibility index (Phi) is 3.04. The smallest absolute Gasteiger partial charge is 0.231 e. The highest BCUT2D eigenvalue weighted by Crippen LogP contribution is 2.18. The van der Waals surface area contributed by atoms with Gasteiger partial charge in [-0.1, -0.05) is 15.9 Å². The quantitative estimate of drug-likeness (QED) is 0.828. The van der Waals surface area contributed by atoms with Gasteiger partial charge in [0, 0.05) is 13.0 Å². The number of hydrogen-bond donors (Lipinski definition) is 1. The van der Waals surface area contributed by atoms with Gasteiger partial charge < -0.3 is 9.88 Å². The third-order valence-corrected chi connectivity index (χ3v) is 3.03. The van der Waals surface area contributed by atoms with Crippen molar-refractivity contribution < 1.29 is 4.79 Å². The van der Waals surface area contributed by atoms with Gasteiger partial charge in [-0.15, -0.1) is 10.2 Å². The number of nitrogens with zero attached hydrogens (tertiary/aromatic N) is 3. The van der Waals surface area contributed by atoms with Crippen molar-refractivity contribution in [3.05, 3.63) is 11.6 Å². The van der Waals surface area contributed by atoms with Crippen LogP contribution in [0.1, 0.15) is 31.0 Å². The Labute approximate surface area is 96.4 Å². The zero-order valence-electron chi connectivity index (χ0n) is 8.53. The number of aromatic nitrogens is 3. The molecule has 1 N–H and O–H groups in total. The van der Waals surface area contributed by atoms with E-state index < -0.39 is 0 Å². The van der Waals surface area contributed by atoms with Crippen molar-refractivity contribution in [2.45, 2.75) is 32.4 Å². The Balaban J connectivity index is 2.12. The summed E-state index contributed by atoms with van der Waals surface area (Å²) in [5, 5.41) is 11.4. The van der Waals surface area contributed by atoms with Crippen LogP contribution in [0.4, 0.5) is 0 Å². The van der Waals surface area contributed by atoms with Gasteiger partial charge in [-0.25, -0.2) is 0 Å². The first-order valence-corrected chi connectivity index (χ1v) is 6.12. The number of aryl methyl sites for hydroxylation is 1. The minimum atomic E-state index is -0.0746. The van der Waals surface area contributed by atoms with Gasteiger partial charge in [0.15, 0.2) is 5.82 Å². The van der Waals surface area contributed by atoms with Crippen LogP contribution in [0.25, 0.3) is 0 Å². The Morgan fingerprint density at radius 2 is 2.47 bits per heavy atom. The van der Waals surface area contributed by atoms with Crippen molar-refractivity contribution in [2.75, 3.05) is 5.33 Å². The third-order valence-electron chi connectivity index (χ3n) is 2.52. The largest absolute Gasteiger partial charge is 0.346 e. The molecule has 82 valence electrons. The molecule has 0 bridgehead atoms. The van der Waals surface area contributed by atoms with Gasteiger partial charge in [0.2, 0.25) is 5.91 Å². The lowest BCUT2D eigenvalue weighted by Gasteiger charge is -2.12. The van der Waals surface area contributed by atoms with Crippen molar-refractivity contribution in [3.63, 3.8) is 0 Å². The molecule has 2 rings (SSSR count). The molecule has 0 aromatic carbocycles. The predicted molar refractivity (Wildman–Crippen MR) is 58.7 cm³/mol. The van der Waals surface area contributed by atoms with Crippen molar-refractivity contribution in [3.8, 4) is 0 Å². The number of halogens is 1. The van der Waals surface area contributed by atoms with Crippen LogP contribution in [-0.2, 0) is 17.8 Å². The Hall–Kier alpha value is -0.910. The number of amides is 1. The lowest BCUT2D eigenvalue weighted by molar-refractivity contribution is -0.119. The van der Waals surface area contributed by atoms with Gasteiger partial charge in [-0.3, -0.25) is 4.79 Å². The molecule has 0 radical (unpaired) electrons. The molecule has 0 saturated carbocycles. The topological polar surface area (TPSA) is 59.8 Å². The first-order valence-electron chi connectivity index (χ1n) is 4.99. The molecule has 1 aromatic heterocycles. The van der Waals surface area contributed by atoms with Crippen LogP contribution in [0.5, 0.6) is 0 Å². The summed E-state index contributed by atoms with van der Waals surface area (Å²) in [5.74, 6) is 1.86. The van der Waals surface area contributed by atoms with Crippen molar-refractivity contribution in [1.29, 1.82) is 0 Å². The summed E-state index contributed by atoms with van der Waals surface area (Å²) in [5.41, 5.74) is 0. The van der Waals surface area contributed by atoms with Crippen molar-refractivity contribution in [1.82, 2.24) is 20.1 Å². The van der Waals surface area contributed by atoms with Crippen LogP contribution in [0.15, 0.2) is 0 Å². The van der Waals surface area contributed by atoms with E-state index in [9.17, 15) is 4.79 Å². The number of alkyl halides is 1. The Morgan fingerprint density at radius 1 is 1.67 bits per heavy atom. The monoisotopic (exact) mass is 272 g/mol. The van der Waals surface area contributed by atoms with E-state index >= 15 is 0 Å². The lowest BCUT2D eigenvalue weighted by Crippen LogP contribution is -2.29. The highest BCUT2D eigenvalue weighted by molar-refractivity contribution is 9.09. The molecule has 0 aliphatic carbocycles. The van der Waals surface area contributed by atoms with E-state index in [1.807, 2.05) is 6.92 Å². The molecular weight excluding hydrogens is 260 g/mol. The summed E-state index contributed by atoms with van der Waals surface area (Å²) in [4.78, 5) is 11.2. The molecule has 0 fully saturated rings. The maximum absolute atomic E-state index is 11.2. The van der Waals surface area contributed by atoms with E-state index in [4.69, 9.17) is 0 Å². The van der Waals surface area contributed by atoms with E-state index in [1.165, 1.54) is 0 Å². The van der Waals surface area contributed by atoms with E-state index in [0.717, 1.165) is 31.0 Å². The SMILES string of the molecule is CC(NC(=O)CBr)c1nnc2n1CCC2. The Morgan fingerprint density at radius 3 is 3.20 bits per heavy atom. The fraction of sp³-hybridized carbons (Fsp3) is 0.667. The first kappa shape index (κ1) is 10.6. The van der Waals surface area contributed by atoms with Crippen LogP contribution in [0.3, 0.4) is 0 Å². The standard InChI is InChI=1S/C9H13BrN4O/c1-6(11-8(15)5-10)9-13-12-7-3-2-4-14(7)9/h6H,2-5H2,1H3,(H,11,15). The number of carbonyl (C=O) groups excluding carboxylic acids is 1. The van der Waals surface area contributed by atoms with Gasteiger partial charge >= 0.3 is 0 Å². The summed E-state index contributed by atoms with van der Waals surface area (Å²) >= 11 is 3.11. The maximum Gasteiger partial charge on any atom is 0.231 e. The van der Waals surface area contributed by atoms with E-state index in [2.05, 4.69) is 36.0 Å². The molecular formula is C9H13BrN4O. The molecule has 1 aliphatic heterocycles. The summed E-state index contributed by atoms with van der Waals surface area (Å²) in [6, 6.07) is -0.0746. The number of rotatable bonds is 3. The molecule has 1 atom stereocenters. The maximum atomic E-state index is 11.2. The molecule has 1 amide bonds. The summed E-state index contributed by atoms with van der Waals surface area (Å²) < 4.78 is 2.10. The fourth-order valence-electron chi connectivity index (χ4n) is 1.84. The summed E-state index contributed by atoms with van der Waals surface area (Å²) in [6.45, 7) is 2.89. The minimum Gasteiger partial charge on any atom is -0.346 e. The van der Waals surface area contributed by atoms with Gasteiger partial charge in [-0.2, -0.15) is 0 Å². The second kappa shape index (κ2) is 4.30. The molecule has 1 unspecified atom stereocenters. The second-order valence-electron chi connectivity index (χ2n) is 3.65. The summed E-state index contributed by atoms with van der Waals surface area (Å²) in [6.07, 6.45) is 2.11. The zero-order chi connectivity index (χ0) is 10.8. The number of fused-ring (bicyclic) bond motifs is 1. The number of hydrogen-bond acceptors (Lipinski definition) is 3. The first-order chi connectivity index (χ1) is 7.22. The van der Waals surface area contributed by atoms with Gasteiger partial charge in [0.1, 0.15) is 5.82 Å². The molecule has 2 heterocycles. The predicted octanol–water partition coefficient (Wildman–Crippen LogP) is 0.796. The second-order valence-corrected chi connectivity index (χ2v) is 4.21. The van der Waals surface area contributed by atoms with E-state index in [-0.39, 0.29) is 11.9 Å². The number of carbonyl (C=O) groups is 1. The van der Waals surface area contributed by atoms with Crippen LogP contribution < -0.4 is 5.32 Å². The van der Waals surface area contributed by atoms with Gasteiger partial charge in [-0.05, 0) is 13.3 Å². The van der Waals surface area contributed by atoms with Crippen LogP contribution in [0.2, 0.25) is 0 Å². The van der Waals surface area contributed by atoms with Crippen molar-refractivity contribution in [2.24, 2.45) is 0 Å². The van der Waals surface area contributed by atoms with Crippen molar-refractivity contribution >= 4 is 21.8 Å². The average molecular weight is 273 g/mol. The molecule has 1 aliphatic rings. The van der Waals surface area contributed by atoms with E-state index in [0.29, 0.717) is 5.33 Å². The van der Waals surface area contributed by atoms with E-state index in [1.54, 1.807) is 0 Å². The van der Waals surface area contributed by atoms with Gasteiger partial charge in [0.05, 0.1) is 11.4 Å². The molecule has 6 heteroatoms. The summed E-state index contributed by atoms with van der Waals surface area (Å²) in [7, 11) is 0. The van der Waals surface area contributed by atoms with Crippen LogP contribution >= 0.6 is 15.9 Å².